The van der Waals surface area contributed by atoms with Crippen LogP contribution < -0.4 is 5.73 Å². The Labute approximate surface area is 105 Å². The predicted molar refractivity (Wildman–Crippen MR) is 69.1 cm³/mol. The van der Waals surface area contributed by atoms with Crippen molar-refractivity contribution in [2.45, 2.75) is 25.7 Å². The number of amides is 1. The normalized spacial score (nSPS) is 13.7. The summed E-state index contributed by atoms with van der Waals surface area (Å²) in [6.07, 6.45) is 0.285. The lowest BCUT2D eigenvalue weighted by Crippen LogP contribution is -2.39. The summed E-state index contributed by atoms with van der Waals surface area (Å²) in [5.41, 5.74) is 5.27. The molecule has 0 heterocycles. The number of carbonyl (C=O) groups excluding carboxylic acids is 1. The molecule has 0 saturated carbocycles. The van der Waals surface area contributed by atoms with Gasteiger partial charge >= 0.3 is 0 Å². The van der Waals surface area contributed by atoms with E-state index < -0.39 is 16.2 Å². The maximum absolute atomic E-state index is 11.7. The van der Waals surface area contributed by atoms with E-state index in [4.69, 9.17) is 5.73 Å². The quantitative estimate of drug-likeness (QED) is 0.492. The van der Waals surface area contributed by atoms with Crippen LogP contribution >= 0.6 is 0 Å². The molecule has 5 nitrogen and oxygen atoms in total. The Balaban J connectivity index is 3.43. The van der Waals surface area contributed by atoms with Gasteiger partial charge in [-0.05, 0) is 20.3 Å². The Bertz CT molecular complexity index is 511. The van der Waals surface area contributed by atoms with Gasteiger partial charge in [0.15, 0.2) is 0 Å². The Morgan fingerprint density at radius 3 is 2.50 bits per heavy atom. The van der Waals surface area contributed by atoms with Crippen molar-refractivity contribution in [3.8, 4) is 0 Å². The molecule has 1 amide bonds. The molecule has 1 aromatic rings. The molecule has 18 heavy (non-hydrogen) atoms. The van der Waals surface area contributed by atoms with Crippen molar-refractivity contribution in [2.24, 2.45) is 5.73 Å². The molecule has 0 bridgehead atoms. The first-order chi connectivity index (χ1) is 8.29. The number of rotatable bonds is 5. The molecule has 2 N–H and O–H groups in total. The molecule has 5 heteroatoms. The molecule has 0 radical (unpaired) electrons. The van der Waals surface area contributed by atoms with E-state index in [2.05, 4.69) is 6.58 Å². The molecule has 0 fully saturated rings. The van der Waals surface area contributed by atoms with Crippen molar-refractivity contribution < 1.29 is 9.72 Å². The average Bonchev–Trinajstić information content (AvgIpc) is 2.27. The lowest BCUT2D eigenvalue weighted by Gasteiger charge is -2.26. The number of hydrogen-bond donors (Lipinski definition) is 1. The van der Waals surface area contributed by atoms with E-state index in [-0.39, 0.29) is 12.1 Å². The van der Waals surface area contributed by atoms with Gasteiger partial charge in [-0.1, -0.05) is 23.8 Å². The molecule has 1 unspecified atom stereocenters. The molecule has 1 rings (SSSR count). The molecule has 0 aliphatic heterocycles. The van der Waals surface area contributed by atoms with Crippen LogP contribution in [0.3, 0.4) is 0 Å². The summed E-state index contributed by atoms with van der Waals surface area (Å²) in [6, 6.07) is 6.15. The largest absolute Gasteiger partial charge is 0.369 e. The van der Waals surface area contributed by atoms with Crippen LogP contribution in [0.5, 0.6) is 0 Å². The molecule has 0 aliphatic rings. The van der Waals surface area contributed by atoms with Crippen molar-refractivity contribution in [2.75, 3.05) is 0 Å². The highest BCUT2D eigenvalue weighted by Gasteiger charge is 2.38. The molecule has 0 spiro atoms. The van der Waals surface area contributed by atoms with Gasteiger partial charge in [-0.3, -0.25) is 14.9 Å². The highest BCUT2D eigenvalue weighted by atomic mass is 16.6. The molecule has 1 atom stereocenters. The summed E-state index contributed by atoms with van der Waals surface area (Å²) in [5.74, 6) is -0.597. The van der Waals surface area contributed by atoms with Gasteiger partial charge in [-0.15, -0.1) is 6.58 Å². The molecule has 96 valence electrons. The van der Waals surface area contributed by atoms with Crippen LogP contribution in [0.15, 0.2) is 36.4 Å². The van der Waals surface area contributed by atoms with Gasteiger partial charge in [-0.25, -0.2) is 0 Å². The van der Waals surface area contributed by atoms with Crippen molar-refractivity contribution in [1.29, 1.82) is 0 Å². The van der Waals surface area contributed by atoms with Crippen molar-refractivity contribution in [3.63, 3.8) is 0 Å². The highest BCUT2D eigenvalue weighted by Crippen LogP contribution is 2.35. The highest BCUT2D eigenvalue weighted by molar-refractivity contribution is 5.88. The minimum atomic E-state index is -1.12. The number of para-hydroxylation sites is 1. The topological polar surface area (TPSA) is 86.2 Å². The average molecular weight is 248 g/mol. The van der Waals surface area contributed by atoms with E-state index in [1.165, 1.54) is 6.07 Å². The third-order valence-corrected chi connectivity index (χ3v) is 2.89. The molecular formula is C13H16N2O3. The number of nitro groups is 1. The Morgan fingerprint density at radius 1 is 1.50 bits per heavy atom. The lowest BCUT2D eigenvalue weighted by molar-refractivity contribution is -0.386. The fourth-order valence-electron chi connectivity index (χ4n) is 2.02. The van der Waals surface area contributed by atoms with Gasteiger partial charge < -0.3 is 5.73 Å². The second kappa shape index (κ2) is 5.00. The number of benzene rings is 1. The van der Waals surface area contributed by atoms with Gasteiger partial charge in [0.2, 0.25) is 5.91 Å². The van der Waals surface area contributed by atoms with Crippen LogP contribution in [0.25, 0.3) is 0 Å². The lowest BCUT2D eigenvalue weighted by atomic mass is 9.76. The SMILES string of the molecule is C=C(C)CC(C)(C(N)=O)c1ccccc1[N+](=O)[O-]. The van der Waals surface area contributed by atoms with E-state index in [1.54, 1.807) is 32.0 Å². The molecule has 1 aromatic carbocycles. The maximum Gasteiger partial charge on any atom is 0.273 e. The first-order valence-electron chi connectivity index (χ1n) is 5.47. The zero-order valence-corrected chi connectivity index (χ0v) is 10.5. The van der Waals surface area contributed by atoms with E-state index >= 15 is 0 Å². The number of allylic oxidation sites excluding steroid dienone is 1. The van der Waals surface area contributed by atoms with Crippen LogP contribution in [0.2, 0.25) is 0 Å². The summed E-state index contributed by atoms with van der Waals surface area (Å²) in [4.78, 5) is 22.2. The van der Waals surface area contributed by atoms with Crippen molar-refractivity contribution in [3.05, 3.63) is 52.1 Å². The van der Waals surface area contributed by atoms with Crippen LogP contribution in [-0.4, -0.2) is 10.8 Å². The van der Waals surface area contributed by atoms with E-state index in [0.29, 0.717) is 5.56 Å². The van der Waals surface area contributed by atoms with E-state index in [1.807, 2.05) is 0 Å². The number of carbonyl (C=O) groups is 1. The summed E-state index contributed by atoms with van der Waals surface area (Å²) < 4.78 is 0. The summed E-state index contributed by atoms with van der Waals surface area (Å²) in [6.45, 7) is 7.11. The van der Waals surface area contributed by atoms with Gasteiger partial charge in [0.1, 0.15) is 0 Å². The molecule has 0 aliphatic carbocycles. The van der Waals surface area contributed by atoms with Crippen LogP contribution in [0.1, 0.15) is 25.8 Å². The number of hydrogen-bond acceptors (Lipinski definition) is 3. The number of nitro benzene ring substituents is 1. The van der Waals surface area contributed by atoms with Crippen molar-refractivity contribution in [1.82, 2.24) is 0 Å². The number of nitrogens with zero attached hydrogens (tertiary/aromatic N) is 1. The van der Waals surface area contributed by atoms with Crippen molar-refractivity contribution >= 4 is 11.6 Å². The monoisotopic (exact) mass is 248 g/mol. The summed E-state index contributed by atoms with van der Waals surface area (Å²) in [5, 5.41) is 11.0. The van der Waals surface area contributed by atoms with Crippen LogP contribution in [0, 0.1) is 10.1 Å². The van der Waals surface area contributed by atoms with Gasteiger partial charge in [0, 0.05) is 11.6 Å². The standard InChI is InChI=1S/C13H16N2O3/c1-9(2)8-13(3,12(14)16)10-6-4-5-7-11(10)15(17)18/h4-7H,1,8H2,2-3H3,(H2,14,16). The van der Waals surface area contributed by atoms with Crippen LogP contribution in [0.4, 0.5) is 5.69 Å². The maximum atomic E-state index is 11.7. The Kier molecular flexibility index (Phi) is 3.86. The minimum Gasteiger partial charge on any atom is -0.369 e. The smallest absolute Gasteiger partial charge is 0.273 e. The molecular weight excluding hydrogens is 232 g/mol. The summed E-state index contributed by atoms with van der Waals surface area (Å²) >= 11 is 0. The summed E-state index contributed by atoms with van der Waals surface area (Å²) in [7, 11) is 0. The zero-order chi connectivity index (χ0) is 13.9. The first-order valence-corrected chi connectivity index (χ1v) is 5.47. The predicted octanol–water partition coefficient (Wildman–Crippen LogP) is 2.30. The van der Waals surface area contributed by atoms with E-state index in [0.717, 1.165) is 5.57 Å². The van der Waals surface area contributed by atoms with Gasteiger partial charge in [0.25, 0.3) is 5.69 Å². The zero-order valence-electron chi connectivity index (χ0n) is 10.5. The first kappa shape index (κ1) is 13.9. The third kappa shape index (κ3) is 2.56. The minimum absolute atomic E-state index is 0.0972. The molecule has 0 saturated heterocycles. The number of nitrogens with two attached hydrogens (primary N) is 1. The van der Waals surface area contributed by atoms with Gasteiger partial charge in [0.05, 0.1) is 10.3 Å². The fraction of sp³-hybridized carbons (Fsp3) is 0.308. The van der Waals surface area contributed by atoms with Gasteiger partial charge in [-0.2, -0.15) is 0 Å². The third-order valence-electron chi connectivity index (χ3n) is 2.89. The molecule has 0 aromatic heterocycles. The Hall–Kier alpha value is -2.17. The fourth-order valence-corrected chi connectivity index (χ4v) is 2.02. The van der Waals surface area contributed by atoms with Crippen LogP contribution in [-0.2, 0) is 10.2 Å². The Morgan fingerprint density at radius 2 is 2.06 bits per heavy atom. The number of primary amides is 1. The second-order valence-electron chi connectivity index (χ2n) is 4.60. The second-order valence-corrected chi connectivity index (χ2v) is 4.60. The van der Waals surface area contributed by atoms with E-state index in [9.17, 15) is 14.9 Å².